The van der Waals surface area contributed by atoms with Crippen molar-refractivity contribution in [3.63, 3.8) is 0 Å². The van der Waals surface area contributed by atoms with E-state index in [1.165, 1.54) is 17.2 Å². The third-order valence-corrected chi connectivity index (χ3v) is 3.42. The molecule has 0 aliphatic rings. The van der Waals surface area contributed by atoms with Gasteiger partial charge >= 0.3 is 5.97 Å². The summed E-state index contributed by atoms with van der Waals surface area (Å²) in [6, 6.07) is 12.7. The number of esters is 1. The van der Waals surface area contributed by atoms with Gasteiger partial charge in [-0.05, 0) is 41.7 Å². The molecule has 0 radical (unpaired) electrons. The number of rotatable bonds is 5. The maximum atomic E-state index is 12.0. The monoisotopic (exact) mass is 348 g/mol. The molecule has 0 unspecified atom stereocenters. The molecule has 2 rings (SSSR count). The standard InChI is InChI=1S/C18H20O3.Zn/c1-3-13-9-14(4-2)11-15(10-13)12-21-18(20)16-7-5-6-8-17(16)19;/h5-11,19H,3-4,12H2,1-2H3;. The third-order valence-electron chi connectivity index (χ3n) is 3.42. The summed E-state index contributed by atoms with van der Waals surface area (Å²) >= 11 is 0. The van der Waals surface area contributed by atoms with Crippen LogP contribution in [0.5, 0.6) is 5.75 Å². The Balaban J connectivity index is 0.00000242. The molecule has 0 saturated carbocycles. The molecule has 0 aromatic heterocycles. The Labute approximate surface area is 144 Å². The molecule has 0 bridgehead atoms. The summed E-state index contributed by atoms with van der Waals surface area (Å²) in [5, 5.41) is 9.64. The first kappa shape index (κ1) is 18.4. The Kier molecular flexibility index (Phi) is 7.27. The van der Waals surface area contributed by atoms with Crippen LogP contribution < -0.4 is 0 Å². The van der Waals surface area contributed by atoms with Crippen LogP contribution in [0.1, 0.15) is 40.9 Å². The molecule has 0 atom stereocenters. The van der Waals surface area contributed by atoms with E-state index < -0.39 is 5.97 Å². The fourth-order valence-electron chi connectivity index (χ4n) is 2.20. The smallest absolute Gasteiger partial charge is 0.342 e. The van der Waals surface area contributed by atoms with E-state index in [-0.39, 0.29) is 37.4 Å². The number of hydrogen-bond acceptors (Lipinski definition) is 3. The van der Waals surface area contributed by atoms with Crippen LogP contribution in [0.25, 0.3) is 0 Å². The largest absolute Gasteiger partial charge is 0.507 e. The van der Waals surface area contributed by atoms with Gasteiger partial charge in [0.1, 0.15) is 17.9 Å². The van der Waals surface area contributed by atoms with Crippen molar-refractivity contribution in [2.24, 2.45) is 0 Å². The van der Waals surface area contributed by atoms with Crippen molar-refractivity contribution in [2.75, 3.05) is 0 Å². The summed E-state index contributed by atoms with van der Waals surface area (Å²) in [5.74, 6) is -0.563. The number of carbonyl (C=O) groups is 1. The Morgan fingerprint density at radius 2 is 1.55 bits per heavy atom. The summed E-state index contributed by atoms with van der Waals surface area (Å²) in [5.41, 5.74) is 3.65. The fraction of sp³-hybridized carbons (Fsp3) is 0.278. The van der Waals surface area contributed by atoms with E-state index in [1.807, 2.05) is 0 Å². The predicted molar refractivity (Wildman–Crippen MR) is 82.4 cm³/mol. The van der Waals surface area contributed by atoms with Gasteiger partial charge in [-0.3, -0.25) is 0 Å². The van der Waals surface area contributed by atoms with Crippen LogP contribution in [-0.2, 0) is 43.7 Å². The molecule has 0 fully saturated rings. The molecule has 0 aliphatic carbocycles. The van der Waals surface area contributed by atoms with Crippen LogP contribution >= 0.6 is 0 Å². The van der Waals surface area contributed by atoms with Gasteiger partial charge in [-0.1, -0.05) is 44.2 Å². The van der Waals surface area contributed by atoms with E-state index in [0.717, 1.165) is 18.4 Å². The zero-order valence-corrected chi connectivity index (χ0v) is 16.1. The molecule has 0 amide bonds. The number of hydrogen-bond donors (Lipinski definition) is 1. The second kappa shape index (κ2) is 8.70. The van der Waals surface area contributed by atoms with Crippen molar-refractivity contribution in [1.82, 2.24) is 0 Å². The SMILES string of the molecule is CCc1cc(CC)cc(COC(=O)c2ccccc2O)c1.[Zn]. The van der Waals surface area contributed by atoms with E-state index >= 15 is 0 Å². The van der Waals surface area contributed by atoms with Gasteiger partial charge in [0.15, 0.2) is 0 Å². The van der Waals surface area contributed by atoms with Gasteiger partial charge in [0.05, 0.1) is 0 Å². The molecule has 22 heavy (non-hydrogen) atoms. The van der Waals surface area contributed by atoms with Crippen LogP contribution in [0.2, 0.25) is 0 Å². The number of ether oxygens (including phenoxy) is 1. The summed E-state index contributed by atoms with van der Waals surface area (Å²) in [6.45, 7) is 4.42. The number of phenols is 1. The Morgan fingerprint density at radius 3 is 2.09 bits per heavy atom. The van der Waals surface area contributed by atoms with Gasteiger partial charge in [0, 0.05) is 19.5 Å². The number of aromatic hydroxyl groups is 1. The third kappa shape index (κ3) is 4.67. The van der Waals surface area contributed by atoms with E-state index in [1.54, 1.807) is 18.2 Å². The molecular weight excluding hydrogens is 330 g/mol. The summed E-state index contributed by atoms with van der Waals surface area (Å²) in [4.78, 5) is 12.0. The van der Waals surface area contributed by atoms with Crippen molar-refractivity contribution in [1.29, 1.82) is 0 Å². The Hall–Kier alpha value is -1.67. The van der Waals surface area contributed by atoms with E-state index in [0.29, 0.717) is 0 Å². The first-order valence-corrected chi connectivity index (χ1v) is 7.20. The number of carbonyl (C=O) groups excluding carboxylic acids is 1. The first-order valence-electron chi connectivity index (χ1n) is 7.20. The number of aryl methyl sites for hydroxylation is 2. The maximum Gasteiger partial charge on any atom is 0.342 e. The quantitative estimate of drug-likeness (QED) is 0.658. The first-order chi connectivity index (χ1) is 10.1. The van der Waals surface area contributed by atoms with Gasteiger partial charge in [0.2, 0.25) is 0 Å². The fourth-order valence-corrected chi connectivity index (χ4v) is 2.20. The number of benzene rings is 2. The minimum absolute atomic E-state index is 0. The summed E-state index contributed by atoms with van der Waals surface area (Å²) in [6.07, 6.45) is 1.91. The van der Waals surface area contributed by atoms with Gasteiger partial charge in [-0.25, -0.2) is 4.79 Å². The predicted octanol–water partition coefficient (Wildman–Crippen LogP) is 3.87. The Bertz CT molecular complexity index is 616. The van der Waals surface area contributed by atoms with Crippen LogP contribution in [0.15, 0.2) is 42.5 Å². The topological polar surface area (TPSA) is 46.5 Å². The zero-order valence-electron chi connectivity index (χ0n) is 13.1. The van der Waals surface area contributed by atoms with E-state index in [4.69, 9.17) is 4.74 Å². The Morgan fingerprint density at radius 1 is 1.00 bits per heavy atom. The van der Waals surface area contributed by atoms with Crippen molar-refractivity contribution >= 4 is 5.97 Å². The second-order valence-corrected chi connectivity index (χ2v) is 4.96. The van der Waals surface area contributed by atoms with E-state index in [2.05, 4.69) is 32.0 Å². The molecule has 3 nitrogen and oxygen atoms in total. The van der Waals surface area contributed by atoms with Crippen molar-refractivity contribution in [2.45, 2.75) is 33.3 Å². The van der Waals surface area contributed by atoms with E-state index in [9.17, 15) is 9.90 Å². The minimum Gasteiger partial charge on any atom is -0.507 e. The molecular formula is C18H20O3Zn. The average Bonchev–Trinajstić information content (AvgIpc) is 2.52. The van der Waals surface area contributed by atoms with Gasteiger partial charge in [0.25, 0.3) is 0 Å². The summed E-state index contributed by atoms with van der Waals surface area (Å²) in [7, 11) is 0. The molecule has 0 aliphatic heterocycles. The van der Waals surface area contributed by atoms with Crippen LogP contribution in [0, 0.1) is 0 Å². The van der Waals surface area contributed by atoms with Crippen molar-refractivity contribution in [3.8, 4) is 5.75 Å². The van der Waals surface area contributed by atoms with Crippen molar-refractivity contribution in [3.05, 3.63) is 64.7 Å². The normalized spacial score (nSPS) is 9.91. The number of para-hydroxylation sites is 1. The van der Waals surface area contributed by atoms with Crippen LogP contribution in [-0.4, -0.2) is 11.1 Å². The van der Waals surface area contributed by atoms with Crippen LogP contribution in [0.4, 0.5) is 0 Å². The molecule has 4 heteroatoms. The van der Waals surface area contributed by atoms with Gasteiger partial charge < -0.3 is 9.84 Å². The minimum atomic E-state index is -0.506. The van der Waals surface area contributed by atoms with Gasteiger partial charge in [-0.15, -0.1) is 0 Å². The summed E-state index contributed by atoms with van der Waals surface area (Å²) < 4.78 is 5.30. The molecule has 0 spiro atoms. The number of phenolic OH excluding ortho intramolecular Hbond substituents is 1. The molecule has 0 saturated heterocycles. The molecule has 112 valence electrons. The van der Waals surface area contributed by atoms with Crippen molar-refractivity contribution < 1.29 is 34.1 Å². The van der Waals surface area contributed by atoms with Gasteiger partial charge in [-0.2, -0.15) is 0 Å². The van der Waals surface area contributed by atoms with Crippen LogP contribution in [0.3, 0.4) is 0 Å². The molecule has 2 aromatic carbocycles. The molecule has 1 N–H and O–H groups in total. The second-order valence-electron chi connectivity index (χ2n) is 4.96. The maximum absolute atomic E-state index is 12.0. The average molecular weight is 350 g/mol. The molecule has 2 aromatic rings. The molecule has 0 heterocycles. The zero-order chi connectivity index (χ0) is 15.2.